The summed E-state index contributed by atoms with van der Waals surface area (Å²) < 4.78 is 2.80. The van der Waals surface area contributed by atoms with Crippen molar-refractivity contribution in [3.8, 4) is 0 Å². The summed E-state index contributed by atoms with van der Waals surface area (Å²) >= 11 is 9.47. The zero-order chi connectivity index (χ0) is 13.8. The fourth-order valence-electron chi connectivity index (χ4n) is 2.02. The molecule has 0 atom stereocenters. The largest absolute Gasteiger partial charge is 0.308 e. The van der Waals surface area contributed by atoms with Crippen molar-refractivity contribution in [2.45, 2.75) is 26.4 Å². The van der Waals surface area contributed by atoms with E-state index in [2.05, 4.69) is 45.5 Å². The standard InChI is InChI=1S/C14H17BrClN3/c1-3-14-11(9-19(2)18-14)8-17-7-10-4-5-12(15)13(16)6-10/h4-6,9,17H,3,7-8H2,1-2H3. The lowest BCUT2D eigenvalue weighted by Crippen LogP contribution is -2.13. The van der Waals surface area contributed by atoms with Gasteiger partial charge < -0.3 is 5.32 Å². The van der Waals surface area contributed by atoms with Crippen LogP contribution in [-0.2, 0) is 26.6 Å². The first-order chi connectivity index (χ1) is 9.10. The van der Waals surface area contributed by atoms with Crippen molar-refractivity contribution < 1.29 is 0 Å². The summed E-state index contributed by atoms with van der Waals surface area (Å²) in [6.45, 7) is 3.75. The van der Waals surface area contributed by atoms with Gasteiger partial charge in [-0.1, -0.05) is 24.6 Å². The molecule has 0 aliphatic carbocycles. The molecule has 3 nitrogen and oxygen atoms in total. The van der Waals surface area contributed by atoms with Crippen molar-refractivity contribution >= 4 is 27.5 Å². The van der Waals surface area contributed by atoms with Crippen molar-refractivity contribution in [2.24, 2.45) is 7.05 Å². The Labute approximate surface area is 127 Å². The minimum Gasteiger partial charge on any atom is -0.308 e. The molecule has 0 aliphatic heterocycles. The minimum absolute atomic E-state index is 0.745. The van der Waals surface area contributed by atoms with E-state index in [9.17, 15) is 0 Å². The van der Waals surface area contributed by atoms with Crippen LogP contribution in [0.2, 0.25) is 5.02 Å². The first-order valence-electron chi connectivity index (χ1n) is 6.26. The van der Waals surface area contributed by atoms with E-state index in [1.54, 1.807) is 0 Å². The molecule has 2 rings (SSSR count). The van der Waals surface area contributed by atoms with Crippen LogP contribution in [0.5, 0.6) is 0 Å². The Hall–Kier alpha value is -0.840. The number of nitrogens with zero attached hydrogens (tertiary/aromatic N) is 2. The van der Waals surface area contributed by atoms with Gasteiger partial charge in [-0.05, 0) is 40.0 Å². The van der Waals surface area contributed by atoms with Gasteiger partial charge in [0.2, 0.25) is 0 Å². The number of hydrogen-bond acceptors (Lipinski definition) is 2. The lowest BCUT2D eigenvalue weighted by atomic mass is 10.2. The first-order valence-corrected chi connectivity index (χ1v) is 7.43. The second-order valence-electron chi connectivity index (χ2n) is 4.48. The molecule has 19 heavy (non-hydrogen) atoms. The quantitative estimate of drug-likeness (QED) is 0.898. The topological polar surface area (TPSA) is 29.9 Å². The number of nitrogens with one attached hydrogen (secondary N) is 1. The van der Waals surface area contributed by atoms with Gasteiger partial charge in [-0.15, -0.1) is 0 Å². The van der Waals surface area contributed by atoms with Crippen LogP contribution in [0.25, 0.3) is 0 Å². The average Bonchev–Trinajstić information content (AvgIpc) is 2.74. The van der Waals surface area contributed by atoms with E-state index in [-0.39, 0.29) is 0 Å². The monoisotopic (exact) mass is 341 g/mol. The summed E-state index contributed by atoms with van der Waals surface area (Å²) in [6.07, 6.45) is 3.03. The predicted octanol–water partition coefficient (Wildman–Crippen LogP) is 3.69. The SMILES string of the molecule is CCc1nn(C)cc1CNCc1ccc(Br)c(Cl)c1. The van der Waals surface area contributed by atoms with E-state index in [1.165, 1.54) is 11.1 Å². The maximum atomic E-state index is 6.07. The van der Waals surface area contributed by atoms with Crippen molar-refractivity contribution in [1.82, 2.24) is 15.1 Å². The number of aromatic nitrogens is 2. The van der Waals surface area contributed by atoms with E-state index in [0.717, 1.165) is 34.7 Å². The molecule has 0 bridgehead atoms. The first kappa shape index (κ1) is 14.6. The van der Waals surface area contributed by atoms with Crippen molar-refractivity contribution in [1.29, 1.82) is 0 Å². The zero-order valence-corrected chi connectivity index (χ0v) is 13.4. The van der Waals surface area contributed by atoms with Gasteiger partial charge in [0.25, 0.3) is 0 Å². The highest BCUT2D eigenvalue weighted by molar-refractivity contribution is 9.10. The van der Waals surface area contributed by atoms with Crippen LogP contribution in [0.15, 0.2) is 28.9 Å². The van der Waals surface area contributed by atoms with Gasteiger partial charge in [0.15, 0.2) is 0 Å². The van der Waals surface area contributed by atoms with E-state index < -0.39 is 0 Å². The molecule has 0 amide bonds. The van der Waals surface area contributed by atoms with Gasteiger partial charge in [-0.25, -0.2) is 0 Å². The summed E-state index contributed by atoms with van der Waals surface area (Å²) in [5.74, 6) is 0. The van der Waals surface area contributed by atoms with Crippen LogP contribution < -0.4 is 5.32 Å². The average molecular weight is 343 g/mol. The van der Waals surface area contributed by atoms with E-state index >= 15 is 0 Å². The van der Waals surface area contributed by atoms with Gasteiger partial charge in [0.1, 0.15) is 0 Å². The molecule has 0 radical (unpaired) electrons. The predicted molar refractivity (Wildman–Crippen MR) is 82.3 cm³/mol. The van der Waals surface area contributed by atoms with Gasteiger partial charge in [0.05, 0.1) is 10.7 Å². The Bertz CT molecular complexity index is 566. The fraction of sp³-hybridized carbons (Fsp3) is 0.357. The Kier molecular flexibility index (Phi) is 5.02. The van der Waals surface area contributed by atoms with Crippen molar-refractivity contribution in [3.05, 3.63) is 50.7 Å². The van der Waals surface area contributed by atoms with E-state index in [4.69, 9.17) is 11.6 Å². The third-order valence-corrected chi connectivity index (χ3v) is 4.19. The Morgan fingerprint density at radius 3 is 2.84 bits per heavy atom. The maximum absolute atomic E-state index is 6.07. The van der Waals surface area contributed by atoms with Crippen LogP contribution in [-0.4, -0.2) is 9.78 Å². The summed E-state index contributed by atoms with van der Waals surface area (Å²) in [5, 5.41) is 8.60. The lowest BCUT2D eigenvalue weighted by molar-refractivity contribution is 0.688. The van der Waals surface area contributed by atoms with Gasteiger partial charge >= 0.3 is 0 Å². The summed E-state index contributed by atoms with van der Waals surface area (Å²) in [7, 11) is 1.96. The van der Waals surface area contributed by atoms with E-state index in [1.807, 2.05) is 23.9 Å². The molecule has 5 heteroatoms. The molecule has 1 heterocycles. The highest BCUT2D eigenvalue weighted by atomic mass is 79.9. The van der Waals surface area contributed by atoms with Gasteiger partial charge in [-0.2, -0.15) is 5.10 Å². The molecule has 2 aromatic rings. The van der Waals surface area contributed by atoms with Crippen LogP contribution in [0.1, 0.15) is 23.7 Å². The molecule has 0 saturated heterocycles. The maximum Gasteiger partial charge on any atom is 0.0666 e. The Morgan fingerprint density at radius 2 is 2.16 bits per heavy atom. The molecule has 1 N–H and O–H groups in total. The molecular formula is C14H17BrClN3. The van der Waals surface area contributed by atoms with E-state index in [0.29, 0.717) is 0 Å². The molecule has 0 spiro atoms. The molecular weight excluding hydrogens is 326 g/mol. The zero-order valence-electron chi connectivity index (χ0n) is 11.1. The smallest absolute Gasteiger partial charge is 0.0666 e. The molecule has 102 valence electrons. The summed E-state index contributed by atoms with van der Waals surface area (Å²) in [6, 6.07) is 6.01. The lowest BCUT2D eigenvalue weighted by Gasteiger charge is -2.06. The molecule has 0 saturated carbocycles. The molecule has 0 fully saturated rings. The second kappa shape index (κ2) is 6.55. The number of aryl methyl sites for hydroxylation is 2. The molecule has 0 aliphatic rings. The highest BCUT2D eigenvalue weighted by Gasteiger charge is 2.05. The Balaban J connectivity index is 1.94. The molecule has 0 unspecified atom stereocenters. The number of hydrogen-bond donors (Lipinski definition) is 1. The summed E-state index contributed by atoms with van der Waals surface area (Å²) in [5.41, 5.74) is 3.59. The van der Waals surface area contributed by atoms with Crippen molar-refractivity contribution in [2.75, 3.05) is 0 Å². The summed E-state index contributed by atoms with van der Waals surface area (Å²) in [4.78, 5) is 0. The molecule has 1 aromatic heterocycles. The van der Waals surface area contributed by atoms with Gasteiger partial charge in [0, 0.05) is 36.4 Å². The van der Waals surface area contributed by atoms with Crippen LogP contribution in [0.3, 0.4) is 0 Å². The van der Waals surface area contributed by atoms with Gasteiger partial charge in [-0.3, -0.25) is 4.68 Å². The third-order valence-electron chi connectivity index (χ3n) is 2.96. The van der Waals surface area contributed by atoms with Crippen LogP contribution in [0.4, 0.5) is 0 Å². The number of rotatable bonds is 5. The van der Waals surface area contributed by atoms with Crippen LogP contribution >= 0.6 is 27.5 Å². The van der Waals surface area contributed by atoms with Crippen molar-refractivity contribution in [3.63, 3.8) is 0 Å². The van der Waals surface area contributed by atoms with Crippen LogP contribution in [0, 0.1) is 0 Å². The highest BCUT2D eigenvalue weighted by Crippen LogP contribution is 2.23. The minimum atomic E-state index is 0.745. The third kappa shape index (κ3) is 3.81. The number of benzene rings is 1. The normalized spacial score (nSPS) is 10.9. The second-order valence-corrected chi connectivity index (χ2v) is 5.74. The Morgan fingerprint density at radius 1 is 1.37 bits per heavy atom. The number of halogens is 2. The molecule has 1 aromatic carbocycles. The fourth-order valence-corrected chi connectivity index (χ4v) is 2.47.